The van der Waals surface area contributed by atoms with Crippen molar-refractivity contribution in [3.05, 3.63) is 0 Å². The van der Waals surface area contributed by atoms with Crippen molar-refractivity contribution < 1.29 is 0 Å². The zero-order valence-electron chi connectivity index (χ0n) is 17.6. The summed E-state index contributed by atoms with van der Waals surface area (Å²) in [5.74, 6) is 0. The van der Waals surface area contributed by atoms with Crippen molar-refractivity contribution in [1.29, 1.82) is 0 Å². The van der Waals surface area contributed by atoms with E-state index >= 15 is 0 Å². The molecule has 0 aliphatic rings. The predicted molar refractivity (Wildman–Crippen MR) is 133 cm³/mol. The molecule has 0 aromatic carbocycles. The Morgan fingerprint density at radius 3 is 0.889 bits per heavy atom. The van der Waals surface area contributed by atoms with Crippen LogP contribution in [0, 0.1) is 0 Å². The Hall–Kier alpha value is -0.160. The van der Waals surface area contributed by atoms with Crippen molar-refractivity contribution in [3.8, 4) is 0 Å². The lowest BCUT2D eigenvalue weighted by Gasteiger charge is -2.18. The molecule has 0 rings (SSSR count). The Bertz CT molecular complexity index is 214. The van der Waals surface area contributed by atoms with Crippen LogP contribution in [0.25, 0.3) is 0 Å². The largest absolute Gasteiger partial charge is 0.307 e. The lowest BCUT2D eigenvalue weighted by atomic mass is 10.3. The van der Waals surface area contributed by atoms with E-state index in [2.05, 4.69) is 75.5 Å². The van der Waals surface area contributed by atoms with Crippen molar-refractivity contribution in [2.24, 2.45) is 0 Å². The summed E-state index contributed by atoms with van der Waals surface area (Å²) in [4.78, 5) is 9.47. The molecule has 0 heterocycles. The maximum Gasteiger partial charge on any atom is -0.000960 e. The zero-order valence-corrected chi connectivity index (χ0v) is 17.6. The molecule has 0 bridgehead atoms. The van der Waals surface area contributed by atoms with Gasteiger partial charge in [-0.15, -0.1) is 0 Å². The van der Waals surface area contributed by atoms with E-state index in [-0.39, 0.29) is 29.7 Å². The molecular formula is C23H62N4. The number of nitrogens with zero attached hydrogens (tertiary/aromatic N) is 4. The molecule has 0 aliphatic heterocycles. The molecule has 0 saturated carbocycles. The first-order valence-corrected chi connectivity index (χ1v) is 9.65. The Labute approximate surface area is 177 Å². The van der Waals surface area contributed by atoms with E-state index in [0.717, 1.165) is 19.6 Å². The van der Waals surface area contributed by atoms with E-state index in [0.29, 0.717) is 0 Å². The third-order valence-electron chi connectivity index (χ3n) is 4.38. The van der Waals surface area contributed by atoms with Gasteiger partial charge in [0.2, 0.25) is 0 Å². The van der Waals surface area contributed by atoms with Gasteiger partial charge in [-0.05, 0) is 99.8 Å². The minimum atomic E-state index is 0. The van der Waals surface area contributed by atoms with E-state index < -0.39 is 0 Å². The summed E-state index contributed by atoms with van der Waals surface area (Å²) in [5, 5.41) is 0. The van der Waals surface area contributed by atoms with Crippen LogP contribution in [0.5, 0.6) is 0 Å². The molecule has 0 unspecified atom stereocenters. The molecule has 174 valence electrons. The Kier molecular flexibility index (Phi) is 46.7. The third kappa shape index (κ3) is 33.8. The average Bonchev–Trinajstić information content (AvgIpc) is 2.55. The molecule has 4 heteroatoms. The van der Waals surface area contributed by atoms with E-state index in [1.54, 1.807) is 0 Å². The monoisotopic (exact) mass is 394 g/mol. The van der Waals surface area contributed by atoms with Crippen molar-refractivity contribution in [2.45, 2.75) is 76.7 Å². The van der Waals surface area contributed by atoms with Crippen LogP contribution < -0.4 is 0 Å². The third-order valence-corrected chi connectivity index (χ3v) is 4.38. The molecule has 0 atom stereocenters. The van der Waals surface area contributed by atoms with Gasteiger partial charge in [-0.2, -0.15) is 0 Å². The van der Waals surface area contributed by atoms with Crippen molar-refractivity contribution in [3.63, 3.8) is 0 Å². The molecule has 0 aliphatic carbocycles. The quantitative estimate of drug-likeness (QED) is 0.409. The second kappa shape index (κ2) is 30.6. The smallest absolute Gasteiger partial charge is 0.000960 e. The summed E-state index contributed by atoms with van der Waals surface area (Å²) >= 11 is 0. The zero-order chi connectivity index (χ0) is 18.1. The summed E-state index contributed by atoms with van der Waals surface area (Å²) in [7, 11) is 8.73. The van der Waals surface area contributed by atoms with Crippen LogP contribution in [-0.2, 0) is 0 Å². The molecule has 0 saturated heterocycles. The van der Waals surface area contributed by atoms with E-state index in [9.17, 15) is 0 Å². The SMILES string of the molecule is C.C.C.C.CCCN(C)CCCN(C)CC.CCN(C)CCCN(C)CC. The van der Waals surface area contributed by atoms with Crippen LogP contribution in [0.3, 0.4) is 0 Å². The Morgan fingerprint density at radius 2 is 0.667 bits per heavy atom. The van der Waals surface area contributed by atoms with E-state index in [1.165, 1.54) is 52.0 Å². The topological polar surface area (TPSA) is 13.0 Å². The molecule has 4 nitrogen and oxygen atoms in total. The summed E-state index contributed by atoms with van der Waals surface area (Å²) in [5.41, 5.74) is 0. The average molecular weight is 395 g/mol. The van der Waals surface area contributed by atoms with Gasteiger partial charge in [0, 0.05) is 0 Å². The van der Waals surface area contributed by atoms with Crippen LogP contribution in [0.4, 0.5) is 0 Å². The fourth-order valence-corrected chi connectivity index (χ4v) is 2.19. The van der Waals surface area contributed by atoms with Gasteiger partial charge in [-0.1, -0.05) is 57.4 Å². The van der Waals surface area contributed by atoms with Gasteiger partial charge in [-0.3, -0.25) is 0 Å². The molecule has 27 heavy (non-hydrogen) atoms. The van der Waals surface area contributed by atoms with E-state index in [4.69, 9.17) is 0 Å². The highest BCUT2D eigenvalue weighted by molar-refractivity contribution is 4.54. The predicted octanol–water partition coefficient (Wildman–Crippen LogP) is 5.49. The van der Waals surface area contributed by atoms with E-state index in [1.807, 2.05) is 0 Å². The molecular weight excluding hydrogens is 332 g/mol. The van der Waals surface area contributed by atoms with Crippen LogP contribution in [0.1, 0.15) is 76.7 Å². The summed E-state index contributed by atoms with van der Waals surface area (Å²) in [6.07, 6.45) is 3.84. The summed E-state index contributed by atoms with van der Waals surface area (Å²) < 4.78 is 0. The fraction of sp³-hybridized carbons (Fsp3) is 1.00. The second-order valence-electron chi connectivity index (χ2n) is 6.70. The van der Waals surface area contributed by atoms with Crippen molar-refractivity contribution in [2.75, 3.05) is 80.5 Å². The molecule has 0 spiro atoms. The van der Waals surface area contributed by atoms with Gasteiger partial charge < -0.3 is 19.6 Å². The summed E-state index contributed by atoms with van der Waals surface area (Å²) in [6, 6.07) is 0. The van der Waals surface area contributed by atoms with Crippen LogP contribution in [0.15, 0.2) is 0 Å². The number of hydrogen-bond donors (Lipinski definition) is 0. The van der Waals surface area contributed by atoms with Crippen molar-refractivity contribution in [1.82, 2.24) is 19.6 Å². The van der Waals surface area contributed by atoms with Crippen LogP contribution in [-0.4, -0.2) is 100 Å². The normalized spacial score (nSPS) is 9.78. The maximum atomic E-state index is 2.41. The lowest BCUT2D eigenvalue weighted by molar-refractivity contribution is 0.285. The molecule has 0 amide bonds. The first-order valence-electron chi connectivity index (χ1n) is 9.65. The lowest BCUT2D eigenvalue weighted by Crippen LogP contribution is -2.25. The first-order chi connectivity index (χ1) is 10.9. The maximum absolute atomic E-state index is 2.41. The Balaban J connectivity index is -0.0000000713. The highest BCUT2D eigenvalue weighted by Gasteiger charge is 1.98. The minimum Gasteiger partial charge on any atom is -0.307 e. The molecule has 0 aromatic rings. The van der Waals surface area contributed by atoms with Gasteiger partial charge in [0.1, 0.15) is 0 Å². The van der Waals surface area contributed by atoms with Gasteiger partial charge in [0.25, 0.3) is 0 Å². The second-order valence-corrected chi connectivity index (χ2v) is 6.70. The number of hydrogen-bond acceptors (Lipinski definition) is 4. The van der Waals surface area contributed by atoms with Gasteiger partial charge >= 0.3 is 0 Å². The molecule has 0 aromatic heterocycles. The summed E-state index contributed by atoms with van der Waals surface area (Å²) in [6.45, 7) is 18.5. The van der Waals surface area contributed by atoms with Crippen LogP contribution >= 0.6 is 0 Å². The van der Waals surface area contributed by atoms with Gasteiger partial charge in [0.15, 0.2) is 0 Å². The highest BCUT2D eigenvalue weighted by atomic mass is 15.1. The van der Waals surface area contributed by atoms with Gasteiger partial charge in [0.05, 0.1) is 0 Å². The van der Waals surface area contributed by atoms with Crippen LogP contribution in [0.2, 0.25) is 0 Å². The molecule has 0 N–H and O–H groups in total. The first kappa shape index (κ1) is 41.3. The van der Waals surface area contributed by atoms with Crippen molar-refractivity contribution >= 4 is 0 Å². The minimum absolute atomic E-state index is 0. The Morgan fingerprint density at radius 1 is 0.407 bits per heavy atom. The highest BCUT2D eigenvalue weighted by Crippen LogP contribution is 1.92. The molecule has 0 radical (unpaired) electrons. The van der Waals surface area contributed by atoms with Gasteiger partial charge in [-0.25, -0.2) is 0 Å². The standard InChI is InChI=1S/C10H24N2.C9H22N2.4CH4/c1-5-8-12(4)10-7-9-11(3)6-2;1-5-10(3)8-7-9-11(4)6-2;;;;/h5-10H2,1-4H3;5-9H2,1-4H3;4*1H4. The molecule has 0 fully saturated rings. The fourth-order valence-electron chi connectivity index (χ4n) is 2.19. The number of rotatable bonds is 13.